The number of ether oxygens (including phenoxy) is 3. The van der Waals surface area contributed by atoms with Gasteiger partial charge >= 0.3 is 17.9 Å². The highest BCUT2D eigenvalue weighted by Gasteiger charge is 2.43. The van der Waals surface area contributed by atoms with Crippen LogP contribution in [0.3, 0.4) is 0 Å². The summed E-state index contributed by atoms with van der Waals surface area (Å²) in [6, 6.07) is 2.28. The lowest BCUT2D eigenvalue weighted by Gasteiger charge is -2.37. The summed E-state index contributed by atoms with van der Waals surface area (Å²) in [5.41, 5.74) is -1.31. The van der Waals surface area contributed by atoms with Gasteiger partial charge in [-0.25, -0.2) is 0 Å². The summed E-state index contributed by atoms with van der Waals surface area (Å²) >= 11 is 0. The summed E-state index contributed by atoms with van der Waals surface area (Å²) in [6.45, 7) is 55.8. The van der Waals surface area contributed by atoms with Crippen LogP contribution in [0.5, 0.6) is 0 Å². The molecule has 0 saturated heterocycles. The predicted octanol–water partition coefficient (Wildman–Crippen LogP) is 13.8. The quantitative estimate of drug-likeness (QED) is 0.0580. The molecule has 8 nitrogen and oxygen atoms in total. The van der Waals surface area contributed by atoms with Crippen molar-refractivity contribution < 1.29 is 37.8 Å². The van der Waals surface area contributed by atoms with E-state index in [2.05, 4.69) is 92.8 Å². The number of hydrogen-bond acceptors (Lipinski definition) is 8. The zero-order valence-electron chi connectivity index (χ0n) is 42.8. The van der Waals surface area contributed by atoms with Crippen LogP contribution in [0, 0.1) is 21.7 Å². The molecule has 0 rings (SSSR count). The fourth-order valence-electron chi connectivity index (χ4n) is 3.19. The van der Waals surface area contributed by atoms with Crippen molar-refractivity contribution in [2.24, 2.45) is 21.7 Å². The Hall–Kier alpha value is -1.25. The molecule has 0 aromatic carbocycles. The minimum absolute atomic E-state index is 0.0448. The van der Waals surface area contributed by atoms with Gasteiger partial charge in [0.15, 0.2) is 0 Å². The molecular formula is C45H98O8Si4. The van der Waals surface area contributed by atoms with Gasteiger partial charge in [-0.2, -0.15) is 0 Å². The molecule has 0 aliphatic heterocycles. The Morgan fingerprint density at radius 2 is 0.702 bits per heavy atom. The maximum Gasteiger partial charge on any atom is 0.311 e. The Bertz CT molecular complexity index is 1180. The summed E-state index contributed by atoms with van der Waals surface area (Å²) in [4.78, 5) is 46.7. The van der Waals surface area contributed by atoms with Crippen LogP contribution in [0.2, 0.25) is 89.1 Å². The second kappa shape index (κ2) is 25.5. The third kappa shape index (κ3) is 31.3. The van der Waals surface area contributed by atoms with Gasteiger partial charge in [0.2, 0.25) is 0 Å². The van der Waals surface area contributed by atoms with Gasteiger partial charge in [0.1, 0.15) is 0 Å². The molecule has 0 radical (unpaired) electrons. The Balaban J connectivity index is -0.000000329. The van der Waals surface area contributed by atoms with Crippen LogP contribution in [0.15, 0.2) is 0 Å². The van der Waals surface area contributed by atoms with Gasteiger partial charge in [-0.15, -0.1) is 0 Å². The molecule has 12 heteroatoms. The largest absolute Gasteiger partial charge is 0.519 e. The number of hydrogen-bond donors (Lipinski definition) is 0. The van der Waals surface area contributed by atoms with Crippen molar-refractivity contribution in [3.63, 3.8) is 0 Å². The van der Waals surface area contributed by atoms with E-state index in [-0.39, 0.29) is 50.6 Å². The van der Waals surface area contributed by atoms with E-state index < -0.39 is 32.5 Å². The Labute approximate surface area is 359 Å². The van der Waals surface area contributed by atoms with Crippen LogP contribution in [0.1, 0.15) is 136 Å². The smallest absolute Gasteiger partial charge is 0.311 e. The van der Waals surface area contributed by atoms with Gasteiger partial charge in [-0.3, -0.25) is 19.2 Å². The summed E-state index contributed by atoms with van der Waals surface area (Å²) in [6.07, 6.45) is 4.97. The van der Waals surface area contributed by atoms with Gasteiger partial charge in [-0.05, 0) is 112 Å². The minimum Gasteiger partial charge on any atom is -0.519 e. The Morgan fingerprint density at radius 3 is 0.982 bits per heavy atom. The lowest BCUT2D eigenvalue weighted by atomic mass is 9.91. The van der Waals surface area contributed by atoms with E-state index in [0.717, 1.165) is 38.1 Å². The first-order valence-corrected chi connectivity index (χ1v) is 35.8. The van der Waals surface area contributed by atoms with E-state index in [1.54, 1.807) is 0 Å². The van der Waals surface area contributed by atoms with Crippen molar-refractivity contribution in [2.45, 2.75) is 225 Å². The van der Waals surface area contributed by atoms with Crippen LogP contribution in [-0.4, -0.2) is 75.9 Å². The fourth-order valence-corrected chi connectivity index (χ4v) is 6.72. The Kier molecular flexibility index (Phi) is 27.9. The maximum absolute atomic E-state index is 12.0. The minimum atomic E-state index is -1.94. The highest BCUT2D eigenvalue weighted by molar-refractivity contribution is 6.77. The van der Waals surface area contributed by atoms with Crippen molar-refractivity contribution in [1.82, 2.24) is 0 Å². The molecule has 0 spiro atoms. The first-order chi connectivity index (χ1) is 25.0. The lowest BCUT2D eigenvalue weighted by molar-refractivity contribution is -0.154. The van der Waals surface area contributed by atoms with E-state index >= 15 is 0 Å². The van der Waals surface area contributed by atoms with E-state index in [4.69, 9.17) is 18.6 Å². The Morgan fingerprint density at radius 1 is 0.404 bits per heavy atom. The highest BCUT2D eigenvalue weighted by atomic mass is 28.4. The summed E-state index contributed by atoms with van der Waals surface area (Å²) in [5, 5.41) is 0.0898. The first kappa shape index (κ1) is 62.4. The SMILES string of the molecule is CCC(C)(C)C(=O)OCCC[Si](C)(C)C.CCC(C)(C)C(=O)OCC[Si](C)(C)C.CCC(C)(C)C(=O)OC[Si](C)(C)C.CCC(C)(C)C(=O)O[Si](C)(C)C(C)(C)C. The number of carbonyl (C=O) groups is 4. The van der Waals surface area contributed by atoms with Crippen LogP contribution < -0.4 is 0 Å². The molecule has 0 atom stereocenters. The molecule has 0 fully saturated rings. The third-order valence-electron chi connectivity index (χ3n) is 10.9. The molecular weight excluding hydrogens is 781 g/mol. The van der Waals surface area contributed by atoms with Crippen molar-refractivity contribution in [2.75, 3.05) is 19.4 Å². The predicted molar refractivity (Wildman–Crippen MR) is 257 cm³/mol. The molecule has 0 unspecified atom stereocenters. The van der Waals surface area contributed by atoms with Gasteiger partial charge < -0.3 is 18.6 Å². The normalized spacial score (nSPS) is 13.0. The first-order valence-electron chi connectivity index (χ1n) is 21.8. The molecule has 0 heterocycles. The monoisotopic (exact) mass is 879 g/mol. The number of esters is 3. The molecule has 342 valence electrons. The summed E-state index contributed by atoms with van der Waals surface area (Å²) in [7, 11) is -5.24. The molecule has 0 aliphatic carbocycles. The molecule has 0 aliphatic rings. The van der Waals surface area contributed by atoms with Crippen LogP contribution in [-0.2, 0) is 37.8 Å². The van der Waals surface area contributed by atoms with Crippen molar-refractivity contribution >= 4 is 56.4 Å². The maximum atomic E-state index is 12.0. The van der Waals surface area contributed by atoms with E-state index in [0.29, 0.717) is 19.4 Å². The van der Waals surface area contributed by atoms with Gasteiger partial charge in [0.05, 0.1) is 49.2 Å². The summed E-state index contributed by atoms with van der Waals surface area (Å²) in [5.74, 6) is -0.215. The third-order valence-corrected chi connectivity index (χ3v) is 19.8. The summed E-state index contributed by atoms with van der Waals surface area (Å²) < 4.78 is 21.6. The molecule has 57 heavy (non-hydrogen) atoms. The topological polar surface area (TPSA) is 105 Å². The fraction of sp³-hybridized carbons (Fsp3) is 0.911. The second-order valence-corrected chi connectivity index (χ2v) is 44.9. The highest BCUT2D eigenvalue weighted by Crippen LogP contribution is 2.38. The van der Waals surface area contributed by atoms with E-state index in [1.807, 2.05) is 83.1 Å². The van der Waals surface area contributed by atoms with Gasteiger partial charge in [-0.1, -0.05) is 113 Å². The standard InChI is InChI=1S/2C12H26O2Si.C11H24O2Si.C10H22O2Si/c1-9-12(5,6)10(13)14-15(7,8)11(2,3)4;1-7-12(2,3)11(13)14-9-8-10-15(4,5)6;1-7-11(2,3)10(12)13-8-9-14(4,5)6;1-7-10(2,3)9(11)12-8-13(4,5)6/h9H2,1-8H3;7-10H2,1-6H3;7-9H2,1-6H3;7-8H2,1-6H3. The van der Waals surface area contributed by atoms with Crippen LogP contribution in [0.25, 0.3) is 0 Å². The van der Waals surface area contributed by atoms with Crippen molar-refractivity contribution in [3.05, 3.63) is 0 Å². The van der Waals surface area contributed by atoms with Gasteiger partial charge in [0.25, 0.3) is 14.3 Å². The van der Waals surface area contributed by atoms with Crippen molar-refractivity contribution in [1.29, 1.82) is 0 Å². The average molecular weight is 880 g/mol. The molecule has 0 amide bonds. The second-order valence-electron chi connectivity index (χ2n) is 23.5. The zero-order chi connectivity index (χ0) is 46.7. The molecule has 0 N–H and O–H groups in total. The van der Waals surface area contributed by atoms with E-state index in [9.17, 15) is 19.2 Å². The van der Waals surface area contributed by atoms with Gasteiger partial charge in [0, 0.05) is 16.1 Å². The zero-order valence-corrected chi connectivity index (χ0v) is 46.8. The number of carbonyl (C=O) groups excluding carboxylic acids is 4. The molecule has 0 aromatic heterocycles. The van der Waals surface area contributed by atoms with Crippen LogP contribution in [0.4, 0.5) is 0 Å². The molecule has 0 saturated carbocycles. The van der Waals surface area contributed by atoms with Crippen molar-refractivity contribution in [3.8, 4) is 0 Å². The number of rotatable bonds is 18. The van der Waals surface area contributed by atoms with E-state index in [1.165, 1.54) is 6.04 Å². The van der Waals surface area contributed by atoms with Crippen LogP contribution >= 0.6 is 0 Å². The lowest BCUT2D eigenvalue weighted by Crippen LogP contribution is -2.45. The molecule has 0 bridgehead atoms. The molecule has 0 aromatic rings. The average Bonchev–Trinajstić information content (AvgIpc) is 3.04.